The molecular formula is C15H12FN3OS. The molecular weight excluding hydrogens is 289 g/mol. The van der Waals surface area contributed by atoms with Gasteiger partial charge >= 0.3 is 0 Å². The number of thioether (sulfide) groups is 1. The molecule has 1 aromatic heterocycles. The highest BCUT2D eigenvalue weighted by Crippen LogP contribution is 2.24. The van der Waals surface area contributed by atoms with Crippen LogP contribution in [0.5, 0.6) is 0 Å². The molecule has 0 spiro atoms. The number of halogens is 1. The molecule has 2 N–H and O–H groups in total. The van der Waals surface area contributed by atoms with Crippen molar-refractivity contribution in [2.24, 2.45) is 0 Å². The van der Waals surface area contributed by atoms with E-state index in [9.17, 15) is 4.39 Å². The number of hydrogen-bond acceptors (Lipinski definition) is 5. The minimum absolute atomic E-state index is 0.254. The molecule has 0 aliphatic rings. The van der Waals surface area contributed by atoms with Gasteiger partial charge in [-0.15, -0.1) is 11.8 Å². The molecule has 4 nitrogen and oxygen atoms in total. The Bertz CT molecular complexity index is 743. The van der Waals surface area contributed by atoms with Crippen LogP contribution in [0.25, 0.3) is 11.5 Å². The monoisotopic (exact) mass is 301 g/mol. The van der Waals surface area contributed by atoms with Gasteiger partial charge in [-0.1, -0.05) is 11.2 Å². The normalized spacial score (nSPS) is 10.7. The van der Waals surface area contributed by atoms with Gasteiger partial charge in [-0.25, -0.2) is 4.39 Å². The summed E-state index contributed by atoms with van der Waals surface area (Å²) in [5.41, 5.74) is 7.13. The maximum atomic E-state index is 13.1. The van der Waals surface area contributed by atoms with E-state index < -0.39 is 0 Å². The number of aromatic nitrogens is 2. The molecule has 2 aromatic carbocycles. The third-order valence-electron chi connectivity index (χ3n) is 2.79. The van der Waals surface area contributed by atoms with E-state index in [1.165, 1.54) is 23.9 Å². The zero-order valence-corrected chi connectivity index (χ0v) is 11.8. The van der Waals surface area contributed by atoms with Gasteiger partial charge in [0.15, 0.2) is 5.82 Å². The van der Waals surface area contributed by atoms with Crippen LogP contribution in [0.1, 0.15) is 5.82 Å². The van der Waals surface area contributed by atoms with Crippen molar-refractivity contribution in [1.29, 1.82) is 0 Å². The first-order chi connectivity index (χ1) is 10.2. The number of rotatable bonds is 4. The summed E-state index contributed by atoms with van der Waals surface area (Å²) < 4.78 is 18.3. The van der Waals surface area contributed by atoms with Gasteiger partial charge in [0.05, 0.1) is 5.75 Å². The zero-order valence-electron chi connectivity index (χ0n) is 11.0. The lowest BCUT2D eigenvalue weighted by molar-refractivity contribution is 0.425. The molecule has 6 heteroatoms. The number of nitrogen functional groups attached to an aromatic ring is 1. The minimum atomic E-state index is -0.254. The number of hydrogen-bond donors (Lipinski definition) is 1. The molecule has 0 amide bonds. The summed E-state index contributed by atoms with van der Waals surface area (Å²) in [6.45, 7) is 0. The third kappa shape index (κ3) is 3.41. The predicted molar refractivity (Wildman–Crippen MR) is 80.1 cm³/mol. The van der Waals surface area contributed by atoms with E-state index in [1.807, 2.05) is 18.2 Å². The summed E-state index contributed by atoms with van der Waals surface area (Å²) in [4.78, 5) is 5.14. The van der Waals surface area contributed by atoms with Gasteiger partial charge in [0, 0.05) is 16.1 Å². The maximum Gasteiger partial charge on any atom is 0.257 e. The van der Waals surface area contributed by atoms with Gasteiger partial charge in [-0.05, 0) is 42.5 Å². The second kappa shape index (κ2) is 5.97. The van der Waals surface area contributed by atoms with Gasteiger partial charge < -0.3 is 10.3 Å². The van der Waals surface area contributed by atoms with Crippen LogP contribution in [0, 0.1) is 5.82 Å². The summed E-state index contributed by atoms with van der Waals surface area (Å²) in [5, 5.41) is 3.92. The van der Waals surface area contributed by atoms with Gasteiger partial charge in [0.2, 0.25) is 0 Å². The van der Waals surface area contributed by atoms with E-state index in [4.69, 9.17) is 10.3 Å². The number of benzene rings is 2. The molecule has 106 valence electrons. The van der Waals surface area contributed by atoms with Crippen LogP contribution in [-0.4, -0.2) is 10.1 Å². The first-order valence-corrected chi connectivity index (χ1v) is 7.26. The van der Waals surface area contributed by atoms with Crippen LogP contribution in [0.3, 0.4) is 0 Å². The number of anilines is 1. The van der Waals surface area contributed by atoms with Gasteiger partial charge in [0.1, 0.15) is 5.82 Å². The summed E-state index contributed by atoms with van der Waals surface area (Å²) in [6, 6.07) is 13.6. The van der Waals surface area contributed by atoms with E-state index in [-0.39, 0.29) is 5.82 Å². The Hall–Kier alpha value is -2.34. The maximum absolute atomic E-state index is 13.1. The van der Waals surface area contributed by atoms with Crippen LogP contribution < -0.4 is 5.73 Å². The molecule has 3 aromatic rings. The summed E-state index contributed by atoms with van der Waals surface area (Å²) in [6.07, 6.45) is 0. The van der Waals surface area contributed by atoms with Crippen molar-refractivity contribution in [3.63, 3.8) is 0 Å². The fourth-order valence-electron chi connectivity index (χ4n) is 1.76. The lowest BCUT2D eigenvalue weighted by atomic mass is 10.2. The highest BCUT2D eigenvalue weighted by Gasteiger charge is 2.09. The zero-order chi connectivity index (χ0) is 14.7. The second-order valence-corrected chi connectivity index (χ2v) is 5.43. The fourth-order valence-corrected chi connectivity index (χ4v) is 2.54. The van der Waals surface area contributed by atoms with E-state index in [1.54, 1.807) is 18.2 Å². The van der Waals surface area contributed by atoms with Crippen molar-refractivity contribution in [1.82, 2.24) is 10.1 Å². The van der Waals surface area contributed by atoms with Crippen molar-refractivity contribution in [3.05, 3.63) is 60.2 Å². The highest BCUT2D eigenvalue weighted by molar-refractivity contribution is 7.98. The summed E-state index contributed by atoms with van der Waals surface area (Å²) in [7, 11) is 0. The molecule has 0 unspecified atom stereocenters. The summed E-state index contributed by atoms with van der Waals surface area (Å²) in [5.74, 6) is 1.28. The summed E-state index contributed by atoms with van der Waals surface area (Å²) >= 11 is 1.45. The van der Waals surface area contributed by atoms with Crippen molar-refractivity contribution < 1.29 is 8.91 Å². The van der Waals surface area contributed by atoms with Crippen molar-refractivity contribution in [2.75, 3.05) is 5.73 Å². The van der Waals surface area contributed by atoms with E-state index >= 15 is 0 Å². The minimum Gasteiger partial charge on any atom is -0.399 e. The molecule has 3 rings (SSSR count). The van der Waals surface area contributed by atoms with Crippen LogP contribution in [0.15, 0.2) is 57.9 Å². The lowest BCUT2D eigenvalue weighted by Gasteiger charge is -1.97. The Morgan fingerprint density at radius 2 is 1.95 bits per heavy atom. The average Bonchev–Trinajstić information content (AvgIpc) is 2.95. The predicted octanol–water partition coefficient (Wildman–Crippen LogP) is 3.75. The van der Waals surface area contributed by atoms with E-state index in [0.29, 0.717) is 23.2 Å². The van der Waals surface area contributed by atoms with E-state index in [2.05, 4.69) is 10.1 Å². The van der Waals surface area contributed by atoms with E-state index in [0.717, 1.165) is 10.5 Å². The molecule has 21 heavy (non-hydrogen) atoms. The topological polar surface area (TPSA) is 64.9 Å². The molecule has 0 saturated carbocycles. The number of nitrogens with two attached hydrogens (primary N) is 1. The standard InChI is InChI=1S/C15H12FN3OS/c16-11-2-1-3-13(8-11)21-9-14-18-15(20-19-14)10-4-6-12(17)7-5-10/h1-8H,9,17H2. The molecule has 0 radical (unpaired) electrons. The van der Waals surface area contributed by atoms with Crippen molar-refractivity contribution >= 4 is 17.4 Å². The average molecular weight is 301 g/mol. The molecule has 0 bridgehead atoms. The van der Waals surface area contributed by atoms with Crippen LogP contribution in [-0.2, 0) is 5.75 Å². The smallest absolute Gasteiger partial charge is 0.257 e. The Kier molecular flexibility index (Phi) is 3.87. The second-order valence-electron chi connectivity index (χ2n) is 4.38. The molecule has 0 fully saturated rings. The van der Waals surface area contributed by atoms with Gasteiger partial charge in [-0.3, -0.25) is 0 Å². The van der Waals surface area contributed by atoms with Gasteiger partial charge in [-0.2, -0.15) is 4.98 Å². The lowest BCUT2D eigenvalue weighted by Crippen LogP contribution is -1.86. The fraction of sp³-hybridized carbons (Fsp3) is 0.0667. The van der Waals surface area contributed by atoms with Crippen LogP contribution in [0.2, 0.25) is 0 Å². The van der Waals surface area contributed by atoms with Crippen LogP contribution >= 0.6 is 11.8 Å². The van der Waals surface area contributed by atoms with Crippen molar-refractivity contribution in [2.45, 2.75) is 10.6 Å². The van der Waals surface area contributed by atoms with Crippen molar-refractivity contribution in [3.8, 4) is 11.5 Å². The van der Waals surface area contributed by atoms with Crippen LogP contribution in [0.4, 0.5) is 10.1 Å². The number of nitrogens with zero attached hydrogens (tertiary/aromatic N) is 2. The Morgan fingerprint density at radius 1 is 1.14 bits per heavy atom. The third-order valence-corrected chi connectivity index (χ3v) is 3.78. The Labute approximate surface area is 125 Å². The quantitative estimate of drug-likeness (QED) is 0.587. The molecule has 1 heterocycles. The molecule has 0 aliphatic carbocycles. The molecule has 0 saturated heterocycles. The highest BCUT2D eigenvalue weighted by atomic mass is 32.2. The first kappa shape index (κ1) is 13.6. The first-order valence-electron chi connectivity index (χ1n) is 6.27. The SMILES string of the molecule is Nc1ccc(-c2nc(CSc3cccc(F)c3)no2)cc1. The molecule has 0 aliphatic heterocycles. The largest absolute Gasteiger partial charge is 0.399 e. The van der Waals surface area contributed by atoms with Gasteiger partial charge in [0.25, 0.3) is 5.89 Å². The Balaban J connectivity index is 1.69. The molecule has 0 atom stereocenters. The Morgan fingerprint density at radius 3 is 2.71 bits per heavy atom.